The number of carbonyl (C=O) groups is 2. The van der Waals surface area contributed by atoms with Crippen LogP contribution in [0, 0.1) is 0 Å². The molecule has 0 radical (unpaired) electrons. The van der Waals surface area contributed by atoms with Gasteiger partial charge in [0.25, 0.3) is 5.91 Å². The van der Waals surface area contributed by atoms with E-state index in [0.717, 1.165) is 12.8 Å². The molecule has 0 bridgehead atoms. The lowest BCUT2D eigenvalue weighted by Crippen LogP contribution is -2.37. The Bertz CT molecular complexity index is 764. The number of carbonyl (C=O) groups excluding carboxylic acids is 2. The third kappa shape index (κ3) is 4.67. The Morgan fingerprint density at radius 3 is 2.27 bits per heavy atom. The number of nitrogens with zero attached hydrogens (tertiary/aromatic N) is 2. The third-order valence-corrected chi connectivity index (χ3v) is 5.13. The zero-order valence-corrected chi connectivity index (χ0v) is 15.7. The molecule has 0 saturated carbocycles. The Morgan fingerprint density at radius 1 is 0.846 bits per heavy atom. The van der Waals surface area contributed by atoms with Crippen LogP contribution in [0.5, 0.6) is 0 Å². The molecular formula is C21H24N2O2S. The number of hydrogen-bond donors (Lipinski definition) is 1. The van der Waals surface area contributed by atoms with Gasteiger partial charge in [-0.05, 0) is 30.5 Å². The normalized spacial score (nSPS) is 14.8. The molecule has 0 aromatic heterocycles. The third-order valence-electron chi connectivity index (χ3n) is 4.74. The van der Waals surface area contributed by atoms with Crippen LogP contribution in [-0.2, 0) is 11.2 Å². The first-order valence-electron chi connectivity index (χ1n) is 9.04. The van der Waals surface area contributed by atoms with Gasteiger partial charge in [0.05, 0.1) is 5.56 Å². The highest BCUT2D eigenvalue weighted by atomic mass is 32.1. The van der Waals surface area contributed by atoms with Crippen molar-refractivity contribution in [3.05, 3.63) is 65.7 Å². The van der Waals surface area contributed by atoms with Crippen LogP contribution in [0.15, 0.2) is 59.5 Å². The number of rotatable bonds is 4. The summed E-state index contributed by atoms with van der Waals surface area (Å²) in [6.45, 7) is 2.54. The summed E-state index contributed by atoms with van der Waals surface area (Å²) in [6, 6.07) is 17.4. The minimum absolute atomic E-state index is 0.00538. The first-order chi connectivity index (χ1) is 12.6. The fraction of sp³-hybridized carbons (Fsp3) is 0.333. The van der Waals surface area contributed by atoms with Gasteiger partial charge < -0.3 is 9.80 Å². The van der Waals surface area contributed by atoms with E-state index in [-0.39, 0.29) is 11.8 Å². The fourth-order valence-corrected chi connectivity index (χ4v) is 3.51. The van der Waals surface area contributed by atoms with Gasteiger partial charge in [0, 0.05) is 37.5 Å². The summed E-state index contributed by atoms with van der Waals surface area (Å²) < 4.78 is 0. The molecule has 1 saturated heterocycles. The van der Waals surface area contributed by atoms with Gasteiger partial charge in [-0.25, -0.2) is 0 Å². The number of amides is 2. The highest BCUT2D eigenvalue weighted by Crippen LogP contribution is 2.17. The number of thiol groups is 1. The monoisotopic (exact) mass is 368 g/mol. The van der Waals surface area contributed by atoms with Crippen LogP contribution in [0.25, 0.3) is 0 Å². The van der Waals surface area contributed by atoms with Crippen molar-refractivity contribution in [2.45, 2.75) is 24.2 Å². The summed E-state index contributed by atoms with van der Waals surface area (Å²) >= 11 is 4.38. The average Bonchev–Trinajstić information content (AvgIpc) is 2.93. The van der Waals surface area contributed by atoms with E-state index in [1.807, 2.05) is 58.3 Å². The summed E-state index contributed by atoms with van der Waals surface area (Å²) in [7, 11) is 0. The van der Waals surface area contributed by atoms with Crippen molar-refractivity contribution in [2.24, 2.45) is 0 Å². The van der Waals surface area contributed by atoms with Crippen LogP contribution in [0.1, 0.15) is 28.8 Å². The van der Waals surface area contributed by atoms with E-state index in [0.29, 0.717) is 43.1 Å². The molecular weight excluding hydrogens is 344 g/mol. The first-order valence-corrected chi connectivity index (χ1v) is 9.49. The lowest BCUT2D eigenvalue weighted by Gasteiger charge is -2.22. The minimum atomic E-state index is -0.00538. The topological polar surface area (TPSA) is 40.6 Å². The quantitative estimate of drug-likeness (QED) is 0.842. The van der Waals surface area contributed by atoms with Crippen LogP contribution in [0.4, 0.5) is 0 Å². The zero-order valence-electron chi connectivity index (χ0n) is 14.8. The maximum absolute atomic E-state index is 12.7. The van der Waals surface area contributed by atoms with Crippen LogP contribution in [0.2, 0.25) is 0 Å². The molecule has 0 N–H and O–H groups in total. The van der Waals surface area contributed by atoms with E-state index in [1.54, 1.807) is 6.07 Å². The van der Waals surface area contributed by atoms with Crippen LogP contribution in [0.3, 0.4) is 0 Å². The van der Waals surface area contributed by atoms with Crippen LogP contribution in [-0.4, -0.2) is 47.8 Å². The smallest absolute Gasteiger partial charge is 0.255 e. The van der Waals surface area contributed by atoms with Gasteiger partial charge in [-0.1, -0.05) is 42.5 Å². The van der Waals surface area contributed by atoms with Crippen molar-refractivity contribution in [1.29, 1.82) is 0 Å². The summed E-state index contributed by atoms with van der Waals surface area (Å²) in [6.07, 6.45) is 2.07. The number of aryl methyl sites for hydroxylation is 1. The van der Waals surface area contributed by atoms with Gasteiger partial charge in [-0.15, -0.1) is 12.6 Å². The Labute approximate surface area is 160 Å². The van der Waals surface area contributed by atoms with Gasteiger partial charge in [0.1, 0.15) is 0 Å². The molecule has 0 aliphatic carbocycles. The maximum Gasteiger partial charge on any atom is 0.255 e. The van der Waals surface area contributed by atoms with Gasteiger partial charge in [-0.2, -0.15) is 0 Å². The number of benzene rings is 2. The molecule has 0 unspecified atom stereocenters. The minimum Gasteiger partial charge on any atom is -0.341 e. The molecule has 2 aromatic carbocycles. The highest BCUT2D eigenvalue weighted by molar-refractivity contribution is 7.80. The van der Waals surface area contributed by atoms with Gasteiger partial charge in [-0.3, -0.25) is 9.59 Å². The standard InChI is InChI=1S/C21H24N2O2S/c24-20(12-11-17-7-2-1-3-8-17)22-13-6-14-23(16-15-22)21(25)18-9-4-5-10-19(18)26/h1-5,7-10,26H,6,11-16H2. The zero-order chi connectivity index (χ0) is 18.4. The largest absolute Gasteiger partial charge is 0.341 e. The molecule has 5 heteroatoms. The first kappa shape index (κ1) is 18.5. The van der Waals surface area contributed by atoms with E-state index in [1.165, 1.54) is 5.56 Å². The molecule has 1 aliphatic rings. The molecule has 2 amide bonds. The van der Waals surface area contributed by atoms with Crippen molar-refractivity contribution >= 4 is 24.4 Å². The Kier molecular flexibility index (Phi) is 6.34. The molecule has 1 heterocycles. The van der Waals surface area contributed by atoms with E-state index in [2.05, 4.69) is 12.6 Å². The van der Waals surface area contributed by atoms with Crippen molar-refractivity contribution in [2.75, 3.05) is 26.2 Å². The second-order valence-electron chi connectivity index (χ2n) is 6.53. The average molecular weight is 369 g/mol. The molecule has 2 aromatic rings. The van der Waals surface area contributed by atoms with Crippen molar-refractivity contribution < 1.29 is 9.59 Å². The van der Waals surface area contributed by atoms with E-state index < -0.39 is 0 Å². The Hall–Kier alpha value is -2.27. The lowest BCUT2D eigenvalue weighted by atomic mass is 10.1. The summed E-state index contributed by atoms with van der Waals surface area (Å²) in [5.41, 5.74) is 1.80. The second kappa shape index (κ2) is 8.90. The van der Waals surface area contributed by atoms with E-state index in [4.69, 9.17) is 0 Å². The predicted molar refractivity (Wildman–Crippen MR) is 106 cm³/mol. The summed E-state index contributed by atoms with van der Waals surface area (Å²) in [5.74, 6) is 0.159. The van der Waals surface area contributed by atoms with E-state index >= 15 is 0 Å². The lowest BCUT2D eigenvalue weighted by molar-refractivity contribution is -0.131. The van der Waals surface area contributed by atoms with Crippen LogP contribution >= 0.6 is 12.6 Å². The second-order valence-corrected chi connectivity index (χ2v) is 7.01. The maximum atomic E-state index is 12.7. The van der Waals surface area contributed by atoms with E-state index in [9.17, 15) is 9.59 Å². The van der Waals surface area contributed by atoms with Crippen molar-refractivity contribution in [1.82, 2.24) is 9.80 Å². The molecule has 4 nitrogen and oxygen atoms in total. The van der Waals surface area contributed by atoms with Crippen LogP contribution < -0.4 is 0 Å². The Balaban J connectivity index is 1.55. The molecule has 0 atom stereocenters. The molecule has 0 spiro atoms. The molecule has 26 heavy (non-hydrogen) atoms. The van der Waals surface area contributed by atoms with Crippen molar-refractivity contribution in [3.8, 4) is 0 Å². The van der Waals surface area contributed by atoms with Gasteiger partial charge in [0.2, 0.25) is 5.91 Å². The molecule has 136 valence electrons. The number of hydrogen-bond acceptors (Lipinski definition) is 3. The molecule has 1 aliphatic heterocycles. The summed E-state index contributed by atoms with van der Waals surface area (Å²) in [5, 5.41) is 0. The van der Waals surface area contributed by atoms with Gasteiger partial charge >= 0.3 is 0 Å². The van der Waals surface area contributed by atoms with Crippen molar-refractivity contribution in [3.63, 3.8) is 0 Å². The summed E-state index contributed by atoms with van der Waals surface area (Å²) in [4.78, 5) is 29.7. The predicted octanol–water partition coefficient (Wildman–Crippen LogP) is 3.28. The van der Waals surface area contributed by atoms with Gasteiger partial charge in [0.15, 0.2) is 0 Å². The fourth-order valence-electron chi connectivity index (χ4n) is 3.25. The Morgan fingerprint density at radius 2 is 1.50 bits per heavy atom. The molecule has 3 rings (SSSR count). The highest BCUT2D eigenvalue weighted by Gasteiger charge is 2.23. The SMILES string of the molecule is O=C(CCc1ccccc1)N1CCCN(C(=O)c2ccccc2S)CC1. The molecule has 1 fully saturated rings.